The van der Waals surface area contributed by atoms with Gasteiger partial charge in [0.1, 0.15) is 5.75 Å². The molecule has 1 rings (SSSR count). The Balaban J connectivity index is 2.87. The lowest BCUT2D eigenvalue weighted by Gasteiger charge is -2.07. The standard InChI is InChI=1S/C9H9ClO4/c10-6-3-1-2-5(8(6)12)4-7(11)9(13)14/h1-3,7,11-12H,4H2,(H,13,14). The number of carbonyl (C=O) groups is 1. The molecule has 0 radical (unpaired) electrons. The number of hydrogen-bond donors (Lipinski definition) is 3. The molecule has 0 fully saturated rings. The van der Waals surface area contributed by atoms with Gasteiger partial charge in [-0.3, -0.25) is 0 Å². The van der Waals surface area contributed by atoms with Crippen LogP contribution in [0.1, 0.15) is 5.56 Å². The minimum absolute atomic E-state index is 0.139. The average Bonchev–Trinajstić information content (AvgIpc) is 2.12. The molecule has 0 spiro atoms. The number of phenols is 1. The normalized spacial score (nSPS) is 12.4. The number of aliphatic hydroxyl groups is 1. The third kappa shape index (κ3) is 2.37. The summed E-state index contributed by atoms with van der Waals surface area (Å²) in [6, 6.07) is 4.56. The summed E-state index contributed by atoms with van der Waals surface area (Å²) >= 11 is 5.60. The Morgan fingerprint density at radius 2 is 2.14 bits per heavy atom. The summed E-state index contributed by atoms with van der Waals surface area (Å²) in [4.78, 5) is 10.3. The summed E-state index contributed by atoms with van der Waals surface area (Å²) in [5, 5.41) is 27.0. The maximum atomic E-state index is 10.3. The van der Waals surface area contributed by atoms with Crippen molar-refractivity contribution in [3.63, 3.8) is 0 Å². The minimum atomic E-state index is -1.53. The number of carboxylic acid groups (broad SMARTS) is 1. The van der Waals surface area contributed by atoms with Crippen molar-refractivity contribution in [2.45, 2.75) is 12.5 Å². The highest BCUT2D eigenvalue weighted by Crippen LogP contribution is 2.27. The van der Waals surface area contributed by atoms with Crippen molar-refractivity contribution in [1.29, 1.82) is 0 Å². The molecular weight excluding hydrogens is 208 g/mol. The molecular formula is C9H9ClO4. The van der Waals surface area contributed by atoms with Crippen LogP contribution in [-0.4, -0.2) is 27.4 Å². The van der Waals surface area contributed by atoms with Crippen LogP contribution < -0.4 is 0 Å². The van der Waals surface area contributed by atoms with Crippen LogP contribution in [0.5, 0.6) is 5.75 Å². The van der Waals surface area contributed by atoms with E-state index in [0.717, 1.165) is 0 Å². The van der Waals surface area contributed by atoms with E-state index in [9.17, 15) is 9.90 Å². The molecule has 14 heavy (non-hydrogen) atoms. The predicted molar refractivity (Wildman–Crippen MR) is 50.5 cm³/mol. The van der Waals surface area contributed by atoms with Gasteiger partial charge in [-0.15, -0.1) is 0 Å². The number of aliphatic carboxylic acids is 1. The van der Waals surface area contributed by atoms with Gasteiger partial charge >= 0.3 is 5.97 Å². The van der Waals surface area contributed by atoms with Gasteiger partial charge in [0.2, 0.25) is 0 Å². The molecule has 0 saturated heterocycles. The monoisotopic (exact) mass is 216 g/mol. The Labute approximate surface area is 85.4 Å². The molecule has 0 aromatic heterocycles. The van der Waals surface area contributed by atoms with E-state index in [2.05, 4.69) is 0 Å². The van der Waals surface area contributed by atoms with Gasteiger partial charge in [-0.05, 0) is 11.6 Å². The number of aromatic hydroxyl groups is 1. The maximum absolute atomic E-state index is 10.3. The number of aliphatic hydroxyl groups excluding tert-OH is 1. The van der Waals surface area contributed by atoms with Crippen molar-refractivity contribution in [3.8, 4) is 5.75 Å². The smallest absolute Gasteiger partial charge is 0.332 e. The van der Waals surface area contributed by atoms with Gasteiger partial charge in [-0.25, -0.2) is 4.79 Å². The summed E-state index contributed by atoms with van der Waals surface area (Å²) in [6.07, 6.45) is -1.69. The van der Waals surface area contributed by atoms with E-state index in [1.54, 1.807) is 6.07 Å². The third-order valence-electron chi connectivity index (χ3n) is 1.77. The molecule has 0 bridgehead atoms. The molecule has 76 valence electrons. The topological polar surface area (TPSA) is 77.8 Å². The van der Waals surface area contributed by atoms with Crippen molar-refractivity contribution in [2.24, 2.45) is 0 Å². The van der Waals surface area contributed by atoms with Gasteiger partial charge in [-0.2, -0.15) is 0 Å². The molecule has 1 atom stereocenters. The molecule has 1 unspecified atom stereocenters. The van der Waals surface area contributed by atoms with Crippen molar-refractivity contribution < 1.29 is 20.1 Å². The number of phenolic OH excluding ortho intramolecular Hbond substituents is 1. The first-order valence-electron chi connectivity index (χ1n) is 3.89. The van der Waals surface area contributed by atoms with E-state index in [1.807, 2.05) is 0 Å². The lowest BCUT2D eigenvalue weighted by atomic mass is 10.1. The summed E-state index contributed by atoms with van der Waals surface area (Å²) in [5.41, 5.74) is 0.312. The van der Waals surface area contributed by atoms with Gasteiger partial charge in [0.15, 0.2) is 6.10 Å². The van der Waals surface area contributed by atoms with E-state index in [0.29, 0.717) is 5.56 Å². The maximum Gasteiger partial charge on any atom is 0.332 e. The molecule has 0 aliphatic carbocycles. The predicted octanol–water partition coefficient (Wildman–Crippen LogP) is 1.03. The second-order valence-electron chi connectivity index (χ2n) is 2.81. The zero-order valence-corrected chi connectivity index (χ0v) is 7.90. The molecule has 0 amide bonds. The minimum Gasteiger partial charge on any atom is -0.506 e. The lowest BCUT2D eigenvalue weighted by molar-refractivity contribution is -0.146. The highest BCUT2D eigenvalue weighted by Gasteiger charge is 2.16. The molecule has 1 aromatic rings. The summed E-state index contributed by atoms with van der Waals surface area (Å²) < 4.78 is 0. The summed E-state index contributed by atoms with van der Waals surface area (Å²) in [7, 11) is 0. The second-order valence-corrected chi connectivity index (χ2v) is 3.21. The van der Waals surface area contributed by atoms with Crippen LogP contribution in [0.25, 0.3) is 0 Å². The first kappa shape index (κ1) is 10.8. The van der Waals surface area contributed by atoms with Crippen LogP contribution in [0.4, 0.5) is 0 Å². The fourth-order valence-corrected chi connectivity index (χ4v) is 1.21. The molecule has 0 aliphatic rings. The Morgan fingerprint density at radius 3 is 2.71 bits per heavy atom. The van der Waals surface area contributed by atoms with Gasteiger partial charge < -0.3 is 15.3 Å². The number of para-hydroxylation sites is 1. The highest BCUT2D eigenvalue weighted by atomic mass is 35.5. The van der Waals surface area contributed by atoms with Crippen LogP contribution in [0.15, 0.2) is 18.2 Å². The Kier molecular flexibility index (Phi) is 3.33. The molecule has 4 nitrogen and oxygen atoms in total. The molecule has 5 heteroatoms. The van der Waals surface area contributed by atoms with E-state index < -0.39 is 12.1 Å². The summed E-state index contributed by atoms with van der Waals surface area (Å²) in [5.74, 6) is -1.51. The Morgan fingerprint density at radius 1 is 1.50 bits per heavy atom. The molecule has 0 aliphatic heterocycles. The molecule has 3 N–H and O–H groups in total. The molecule has 1 aromatic carbocycles. The van der Waals surface area contributed by atoms with Crippen molar-refractivity contribution in [3.05, 3.63) is 28.8 Å². The van der Waals surface area contributed by atoms with Crippen molar-refractivity contribution in [1.82, 2.24) is 0 Å². The van der Waals surface area contributed by atoms with Crippen molar-refractivity contribution in [2.75, 3.05) is 0 Å². The van der Waals surface area contributed by atoms with Crippen LogP contribution in [0.3, 0.4) is 0 Å². The number of carboxylic acids is 1. The highest BCUT2D eigenvalue weighted by molar-refractivity contribution is 6.32. The number of benzene rings is 1. The Hall–Kier alpha value is -1.26. The van der Waals surface area contributed by atoms with E-state index in [-0.39, 0.29) is 17.2 Å². The largest absolute Gasteiger partial charge is 0.506 e. The first-order valence-corrected chi connectivity index (χ1v) is 4.27. The van der Waals surface area contributed by atoms with E-state index >= 15 is 0 Å². The number of halogens is 1. The zero-order valence-electron chi connectivity index (χ0n) is 7.14. The van der Waals surface area contributed by atoms with Crippen LogP contribution in [0, 0.1) is 0 Å². The van der Waals surface area contributed by atoms with Crippen LogP contribution in [-0.2, 0) is 11.2 Å². The third-order valence-corrected chi connectivity index (χ3v) is 2.07. The number of hydrogen-bond acceptors (Lipinski definition) is 3. The fourth-order valence-electron chi connectivity index (χ4n) is 1.02. The van der Waals surface area contributed by atoms with E-state index in [4.69, 9.17) is 21.8 Å². The second kappa shape index (κ2) is 4.30. The Bertz CT molecular complexity index is 351. The molecule has 0 heterocycles. The summed E-state index contributed by atoms with van der Waals surface area (Å²) in [6.45, 7) is 0. The zero-order chi connectivity index (χ0) is 10.7. The SMILES string of the molecule is O=C(O)C(O)Cc1cccc(Cl)c1O. The first-order chi connectivity index (χ1) is 6.52. The molecule has 0 saturated carbocycles. The van der Waals surface area contributed by atoms with E-state index in [1.165, 1.54) is 12.1 Å². The van der Waals surface area contributed by atoms with Gasteiger partial charge in [0, 0.05) is 6.42 Å². The average molecular weight is 217 g/mol. The quantitative estimate of drug-likeness (QED) is 0.705. The van der Waals surface area contributed by atoms with Crippen molar-refractivity contribution >= 4 is 17.6 Å². The van der Waals surface area contributed by atoms with Crippen LogP contribution in [0.2, 0.25) is 5.02 Å². The van der Waals surface area contributed by atoms with Crippen LogP contribution >= 0.6 is 11.6 Å². The van der Waals surface area contributed by atoms with Gasteiger partial charge in [0.25, 0.3) is 0 Å². The number of rotatable bonds is 3. The lowest BCUT2D eigenvalue weighted by Crippen LogP contribution is -2.21. The van der Waals surface area contributed by atoms with Gasteiger partial charge in [-0.1, -0.05) is 23.7 Å². The van der Waals surface area contributed by atoms with Gasteiger partial charge in [0.05, 0.1) is 5.02 Å². The fraction of sp³-hybridized carbons (Fsp3) is 0.222.